The van der Waals surface area contributed by atoms with Crippen LogP contribution in [0.2, 0.25) is 0 Å². The summed E-state index contributed by atoms with van der Waals surface area (Å²) in [5, 5.41) is 0. The molecule has 19 heavy (non-hydrogen) atoms. The van der Waals surface area contributed by atoms with Crippen molar-refractivity contribution in [2.75, 3.05) is 0 Å². The molecule has 0 saturated carbocycles. The van der Waals surface area contributed by atoms with Gasteiger partial charge in [0.1, 0.15) is 0 Å². The minimum Gasteiger partial charge on any atom is -0.323 e. The van der Waals surface area contributed by atoms with E-state index in [1.165, 1.54) is 27.1 Å². The van der Waals surface area contributed by atoms with Crippen molar-refractivity contribution < 1.29 is 0 Å². The van der Waals surface area contributed by atoms with Gasteiger partial charge in [0, 0.05) is 15.4 Å². The molecule has 0 fully saturated rings. The molecule has 0 saturated heterocycles. The number of benzene rings is 1. The lowest BCUT2D eigenvalue weighted by Gasteiger charge is -2.15. The van der Waals surface area contributed by atoms with Crippen molar-refractivity contribution in [3.05, 3.63) is 53.6 Å². The van der Waals surface area contributed by atoms with Crippen LogP contribution in [-0.2, 0) is 6.42 Å². The Morgan fingerprint density at radius 3 is 2.16 bits per heavy atom. The first kappa shape index (κ1) is 15.2. The van der Waals surface area contributed by atoms with Crippen molar-refractivity contribution in [2.24, 2.45) is 5.73 Å². The molecule has 0 radical (unpaired) electrons. The highest BCUT2D eigenvalue weighted by molar-refractivity contribution is 9.13. The monoisotopic (exact) mass is 401 g/mol. The normalized spacial score (nSPS) is 12.7. The molecule has 1 aromatic heterocycles. The summed E-state index contributed by atoms with van der Waals surface area (Å²) in [6.45, 7) is 6.47. The van der Waals surface area contributed by atoms with Crippen LogP contribution < -0.4 is 5.73 Å². The minimum atomic E-state index is 0.0488. The fraction of sp³-hybridized carbons (Fsp3) is 0.333. The van der Waals surface area contributed by atoms with Crippen LogP contribution in [0.3, 0.4) is 0 Å². The Morgan fingerprint density at radius 1 is 1.11 bits per heavy atom. The van der Waals surface area contributed by atoms with Gasteiger partial charge >= 0.3 is 0 Å². The quantitative estimate of drug-likeness (QED) is 0.726. The lowest BCUT2D eigenvalue weighted by atomic mass is 9.94. The van der Waals surface area contributed by atoms with E-state index in [1.807, 2.05) is 0 Å². The molecule has 1 atom stereocenters. The van der Waals surface area contributed by atoms with Crippen molar-refractivity contribution in [1.82, 2.24) is 0 Å². The molecular formula is C15H17Br2NS. The zero-order chi connectivity index (χ0) is 14.2. The largest absolute Gasteiger partial charge is 0.323 e. The maximum atomic E-state index is 6.35. The Labute approximate surface area is 135 Å². The van der Waals surface area contributed by atoms with Gasteiger partial charge in [0.2, 0.25) is 0 Å². The predicted octanol–water partition coefficient (Wildman–Crippen LogP) is 5.44. The summed E-state index contributed by atoms with van der Waals surface area (Å²) >= 11 is 8.74. The van der Waals surface area contributed by atoms with E-state index >= 15 is 0 Å². The molecule has 2 aromatic rings. The van der Waals surface area contributed by atoms with Gasteiger partial charge in [-0.2, -0.15) is 0 Å². The summed E-state index contributed by atoms with van der Waals surface area (Å²) < 4.78 is 2.19. The Morgan fingerprint density at radius 2 is 1.68 bits per heavy atom. The average Bonchev–Trinajstić information content (AvgIpc) is 2.64. The third-order valence-corrected chi connectivity index (χ3v) is 6.68. The van der Waals surface area contributed by atoms with Crippen LogP contribution in [0, 0.1) is 20.8 Å². The van der Waals surface area contributed by atoms with Crippen molar-refractivity contribution in [3.8, 4) is 0 Å². The van der Waals surface area contributed by atoms with Crippen LogP contribution in [0.1, 0.15) is 33.2 Å². The van der Waals surface area contributed by atoms with Gasteiger partial charge in [-0.3, -0.25) is 0 Å². The Kier molecular flexibility index (Phi) is 4.88. The van der Waals surface area contributed by atoms with Crippen LogP contribution in [0.15, 0.2) is 26.5 Å². The fourth-order valence-electron chi connectivity index (χ4n) is 2.40. The van der Waals surface area contributed by atoms with Crippen molar-refractivity contribution in [1.29, 1.82) is 0 Å². The molecule has 1 aromatic carbocycles. The molecular weight excluding hydrogens is 386 g/mol. The van der Waals surface area contributed by atoms with E-state index in [9.17, 15) is 0 Å². The number of hydrogen-bond acceptors (Lipinski definition) is 2. The Hall–Kier alpha value is -0.160. The minimum absolute atomic E-state index is 0.0488. The number of nitrogens with two attached hydrogens (primary N) is 1. The predicted molar refractivity (Wildman–Crippen MR) is 91.0 cm³/mol. The van der Waals surface area contributed by atoms with Crippen LogP contribution in [0.25, 0.3) is 0 Å². The highest BCUT2D eigenvalue weighted by Gasteiger charge is 2.15. The molecule has 1 nitrogen and oxygen atoms in total. The van der Waals surface area contributed by atoms with E-state index < -0.39 is 0 Å². The van der Waals surface area contributed by atoms with Gasteiger partial charge < -0.3 is 5.73 Å². The van der Waals surface area contributed by atoms with Gasteiger partial charge in [0.05, 0.1) is 3.79 Å². The first-order chi connectivity index (χ1) is 8.88. The molecule has 4 heteroatoms. The van der Waals surface area contributed by atoms with E-state index in [1.54, 1.807) is 11.3 Å². The summed E-state index contributed by atoms with van der Waals surface area (Å²) in [5.41, 5.74) is 11.7. The summed E-state index contributed by atoms with van der Waals surface area (Å²) in [6, 6.07) is 6.62. The summed E-state index contributed by atoms with van der Waals surface area (Å²) in [5.74, 6) is 0. The summed E-state index contributed by atoms with van der Waals surface area (Å²) in [7, 11) is 0. The zero-order valence-corrected chi connectivity index (χ0v) is 15.2. The molecule has 1 unspecified atom stereocenters. The second-order valence-corrected chi connectivity index (χ2v) is 8.21. The first-order valence-corrected chi connectivity index (χ1v) is 8.55. The summed E-state index contributed by atoms with van der Waals surface area (Å²) in [4.78, 5) is 1.21. The van der Waals surface area contributed by atoms with Gasteiger partial charge in [-0.25, -0.2) is 0 Å². The third kappa shape index (κ3) is 3.48. The van der Waals surface area contributed by atoms with Gasteiger partial charge in [-0.1, -0.05) is 17.7 Å². The second-order valence-electron chi connectivity index (χ2n) is 4.96. The van der Waals surface area contributed by atoms with Gasteiger partial charge in [-0.05, 0) is 81.8 Å². The average molecular weight is 403 g/mol. The fourth-order valence-corrected chi connectivity index (χ4v) is 4.49. The Balaban J connectivity index is 2.26. The number of aryl methyl sites for hydroxylation is 3. The van der Waals surface area contributed by atoms with Crippen molar-refractivity contribution >= 4 is 43.2 Å². The van der Waals surface area contributed by atoms with Crippen LogP contribution in [0.4, 0.5) is 0 Å². The smallest absolute Gasteiger partial charge is 0.0843 e. The zero-order valence-electron chi connectivity index (χ0n) is 11.3. The molecule has 102 valence electrons. The highest BCUT2D eigenvalue weighted by atomic mass is 79.9. The molecule has 2 N–H and O–H groups in total. The molecule has 1 heterocycles. The Bertz CT molecular complexity index is 562. The van der Waals surface area contributed by atoms with Crippen molar-refractivity contribution in [3.63, 3.8) is 0 Å². The molecule has 0 amide bonds. The topological polar surface area (TPSA) is 26.0 Å². The van der Waals surface area contributed by atoms with E-state index in [4.69, 9.17) is 5.73 Å². The first-order valence-electron chi connectivity index (χ1n) is 6.15. The van der Waals surface area contributed by atoms with E-state index in [0.717, 1.165) is 14.7 Å². The molecule has 0 aliphatic rings. The molecule has 0 aliphatic carbocycles. The van der Waals surface area contributed by atoms with E-state index in [0.29, 0.717) is 0 Å². The highest BCUT2D eigenvalue weighted by Crippen LogP contribution is 2.36. The van der Waals surface area contributed by atoms with Gasteiger partial charge in [0.25, 0.3) is 0 Å². The lowest BCUT2D eigenvalue weighted by Crippen LogP contribution is -2.13. The second kappa shape index (κ2) is 6.08. The molecule has 2 rings (SSSR count). The van der Waals surface area contributed by atoms with Crippen LogP contribution in [0.5, 0.6) is 0 Å². The van der Waals surface area contributed by atoms with E-state index in [-0.39, 0.29) is 6.04 Å². The maximum Gasteiger partial charge on any atom is 0.0843 e. The number of thiophene rings is 1. The number of rotatable bonds is 3. The third-order valence-electron chi connectivity index (χ3n) is 3.29. The van der Waals surface area contributed by atoms with Gasteiger partial charge in [-0.15, -0.1) is 11.3 Å². The molecule has 0 aliphatic heterocycles. The van der Waals surface area contributed by atoms with Crippen molar-refractivity contribution in [2.45, 2.75) is 33.2 Å². The SMILES string of the molecule is Cc1cc(C)c(CC(N)c2cc(Br)c(Br)s2)c(C)c1. The van der Waals surface area contributed by atoms with Crippen LogP contribution >= 0.6 is 43.2 Å². The standard InChI is InChI=1S/C15H17Br2NS/c1-8-4-9(2)11(10(3)5-8)6-13(18)14-7-12(16)15(17)19-14/h4-5,7,13H,6,18H2,1-3H3. The van der Waals surface area contributed by atoms with Gasteiger partial charge in [0.15, 0.2) is 0 Å². The number of hydrogen-bond donors (Lipinski definition) is 1. The molecule has 0 bridgehead atoms. The lowest BCUT2D eigenvalue weighted by molar-refractivity contribution is 0.729. The van der Waals surface area contributed by atoms with Crippen LogP contribution in [-0.4, -0.2) is 0 Å². The summed E-state index contributed by atoms with van der Waals surface area (Å²) in [6.07, 6.45) is 0.886. The number of halogens is 2. The molecule has 0 spiro atoms. The van der Waals surface area contributed by atoms with E-state index in [2.05, 4.69) is 70.8 Å². The maximum absolute atomic E-state index is 6.35.